The first kappa shape index (κ1) is 28.7. The Labute approximate surface area is 214 Å². The SMILES string of the molecule is CCCN(C(=O)C(NC(=O)OC(C)(C)C)C(C)C)C(C(=O)Nc1ccc(OC)cc1)c1ccccc1. The third kappa shape index (κ3) is 8.29. The van der Waals surface area contributed by atoms with E-state index in [4.69, 9.17) is 9.47 Å². The Kier molecular flexibility index (Phi) is 10.3. The monoisotopic (exact) mass is 497 g/mol. The number of rotatable bonds is 10. The molecule has 0 fully saturated rings. The van der Waals surface area contributed by atoms with Crippen LogP contribution in [0.25, 0.3) is 0 Å². The number of hydrogen-bond acceptors (Lipinski definition) is 5. The van der Waals surface area contributed by atoms with Crippen molar-refractivity contribution in [1.29, 1.82) is 0 Å². The molecule has 2 rings (SSSR count). The molecule has 0 aliphatic heterocycles. The molecule has 2 atom stereocenters. The predicted molar refractivity (Wildman–Crippen MR) is 141 cm³/mol. The molecule has 0 spiro atoms. The number of amides is 3. The molecule has 0 aromatic heterocycles. The zero-order valence-corrected chi connectivity index (χ0v) is 22.3. The first-order chi connectivity index (χ1) is 17.0. The highest BCUT2D eigenvalue weighted by Crippen LogP contribution is 2.26. The van der Waals surface area contributed by atoms with Crippen molar-refractivity contribution in [2.75, 3.05) is 19.0 Å². The van der Waals surface area contributed by atoms with Gasteiger partial charge in [0.2, 0.25) is 5.91 Å². The van der Waals surface area contributed by atoms with Crippen LogP contribution < -0.4 is 15.4 Å². The zero-order chi connectivity index (χ0) is 26.9. The second-order valence-corrected chi connectivity index (χ2v) is 9.93. The lowest BCUT2D eigenvalue weighted by atomic mass is 9.98. The van der Waals surface area contributed by atoms with Crippen LogP contribution in [0, 0.1) is 5.92 Å². The van der Waals surface area contributed by atoms with Crippen LogP contribution in [-0.2, 0) is 14.3 Å². The molecule has 0 saturated carbocycles. The summed E-state index contributed by atoms with van der Waals surface area (Å²) in [6.45, 7) is 11.2. The molecule has 0 heterocycles. The summed E-state index contributed by atoms with van der Waals surface area (Å²) in [5.74, 6) is -0.266. The second kappa shape index (κ2) is 13.0. The van der Waals surface area contributed by atoms with E-state index in [0.29, 0.717) is 30.0 Å². The normalized spacial score (nSPS) is 12.9. The van der Waals surface area contributed by atoms with Gasteiger partial charge in [0, 0.05) is 12.2 Å². The molecular weight excluding hydrogens is 458 g/mol. The van der Waals surface area contributed by atoms with Gasteiger partial charge in [0.05, 0.1) is 7.11 Å². The van der Waals surface area contributed by atoms with Crippen molar-refractivity contribution in [1.82, 2.24) is 10.2 Å². The molecule has 0 radical (unpaired) electrons. The highest BCUT2D eigenvalue weighted by atomic mass is 16.6. The van der Waals surface area contributed by atoms with E-state index in [1.54, 1.807) is 52.1 Å². The van der Waals surface area contributed by atoms with Crippen molar-refractivity contribution < 1.29 is 23.9 Å². The van der Waals surface area contributed by atoms with E-state index in [-0.39, 0.29) is 17.7 Å². The van der Waals surface area contributed by atoms with E-state index in [9.17, 15) is 14.4 Å². The molecule has 2 aromatic carbocycles. The highest BCUT2D eigenvalue weighted by Gasteiger charge is 2.37. The molecule has 196 valence electrons. The number of anilines is 1. The number of carbonyl (C=O) groups is 3. The maximum atomic E-state index is 13.9. The van der Waals surface area contributed by atoms with Gasteiger partial charge in [-0.05, 0) is 62.9 Å². The number of benzene rings is 2. The fourth-order valence-corrected chi connectivity index (χ4v) is 3.73. The number of ether oxygens (including phenoxy) is 2. The first-order valence-corrected chi connectivity index (χ1v) is 12.3. The summed E-state index contributed by atoms with van der Waals surface area (Å²) in [5, 5.41) is 5.65. The lowest BCUT2D eigenvalue weighted by Gasteiger charge is -2.35. The summed E-state index contributed by atoms with van der Waals surface area (Å²) in [5.41, 5.74) is 0.547. The lowest BCUT2D eigenvalue weighted by molar-refractivity contribution is -0.141. The van der Waals surface area contributed by atoms with Crippen molar-refractivity contribution >= 4 is 23.6 Å². The lowest BCUT2D eigenvalue weighted by Crippen LogP contribution is -2.54. The predicted octanol–water partition coefficient (Wildman–Crippen LogP) is 5.16. The van der Waals surface area contributed by atoms with E-state index in [1.165, 1.54) is 4.90 Å². The van der Waals surface area contributed by atoms with Crippen LogP contribution in [0.5, 0.6) is 5.75 Å². The van der Waals surface area contributed by atoms with E-state index in [1.807, 2.05) is 51.1 Å². The Hall–Kier alpha value is -3.55. The highest BCUT2D eigenvalue weighted by molar-refractivity contribution is 5.99. The van der Waals surface area contributed by atoms with Gasteiger partial charge in [-0.15, -0.1) is 0 Å². The van der Waals surface area contributed by atoms with E-state index in [0.717, 1.165) is 0 Å². The quantitative estimate of drug-likeness (QED) is 0.472. The van der Waals surface area contributed by atoms with Gasteiger partial charge in [-0.1, -0.05) is 51.1 Å². The summed E-state index contributed by atoms with van der Waals surface area (Å²) in [6.07, 6.45) is -0.0489. The van der Waals surface area contributed by atoms with Gasteiger partial charge >= 0.3 is 6.09 Å². The summed E-state index contributed by atoms with van der Waals surface area (Å²) in [7, 11) is 1.57. The summed E-state index contributed by atoms with van der Waals surface area (Å²) in [4.78, 5) is 41.6. The van der Waals surface area contributed by atoms with Crippen molar-refractivity contribution in [2.24, 2.45) is 5.92 Å². The Bertz CT molecular complexity index is 1000. The van der Waals surface area contributed by atoms with Crippen LogP contribution in [-0.4, -0.2) is 48.1 Å². The first-order valence-electron chi connectivity index (χ1n) is 12.3. The fraction of sp³-hybridized carbons (Fsp3) is 0.464. The number of methoxy groups -OCH3 is 1. The summed E-state index contributed by atoms with van der Waals surface area (Å²) >= 11 is 0. The molecule has 2 aromatic rings. The van der Waals surface area contributed by atoms with Gasteiger partial charge in [-0.25, -0.2) is 4.79 Å². The number of carbonyl (C=O) groups excluding carboxylic acids is 3. The number of nitrogens with zero attached hydrogens (tertiary/aromatic N) is 1. The molecule has 36 heavy (non-hydrogen) atoms. The number of nitrogens with one attached hydrogen (secondary N) is 2. The minimum atomic E-state index is -0.901. The Morgan fingerprint density at radius 3 is 2.08 bits per heavy atom. The molecule has 3 amide bonds. The van der Waals surface area contributed by atoms with Crippen molar-refractivity contribution in [2.45, 2.75) is 65.6 Å². The topological polar surface area (TPSA) is 97.0 Å². The maximum Gasteiger partial charge on any atom is 0.408 e. The number of hydrogen-bond donors (Lipinski definition) is 2. The number of alkyl carbamates (subject to hydrolysis) is 1. The van der Waals surface area contributed by atoms with Crippen LogP contribution in [0.3, 0.4) is 0 Å². The van der Waals surface area contributed by atoms with E-state index >= 15 is 0 Å². The van der Waals surface area contributed by atoms with Crippen molar-refractivity contribution in [3.63, 3.8) is 0 Å². The summed E-state index contributed by atoms with van der Waals surface area (Å²) in [6, 6.07) is 14.4. The Morgan fingerprint density at radius 1 is 0.972 bits per heavy atom. The smallest absolute Gasteiger partial charge is 0.408 e. The molecule has 2 N–H and O–H groups in total. The molecule has 0 bridgehead atoms. The third-order valence-electron chi connectivity index (χ3n) is 5.39. The van der Waals surface area contributed by atoms with Crippen LogP contribution >= 0.6 is 0 Å². The average Bonchev–Trinajstić information content (AvgIpc) is 2.81. The zero-order valence-electron chi connectivity index (χ0n) is 22.3. The van der Waals surface area contributed by atoms with Crippen LogP contribution in [0.1, 0.15) is 59.6 Å². The average molecular weight is 498 g/mol. The van der Waals surface area contributed by atoms with Gasteiger partial charge in [0.25, 0.3) is 5.91 Å². The molecule has 0 saturated heterocycles. The minimum Gasteiger partial charge on any atom is -0.497 e. The summed E-state index contributed by atoms with van der Waals surface area (Å²) < 4.78 is 10.6. The standard InChI is InChI=1S/C28H39N3O5/c1-8-18-31(26(33)23(19(2)3)30-27(34)36-28(4,5)6)24(20-12-10-9-11-13-20)25(32)29-21-14-16-22(35-7)17-15-21/h9-17,19,23-24H,8,18H2,1-7H3,(H,29,32)(H,30,34). The van der Waals surface area contributed by atoms with Crippen LogP contribution in [0.4, 0.5) is 10.5 Å². The molecule has 2 unspecified atom stereocenters. The van der Waals surface area contributed by atoms with Gasteiger partial charge in [0.15, 0.2) is 0 Å². The molecule has 0 aliphatic carbocycles. The molecular formula is C28H39N3O5. The van der Waals surface area contributed by atoms with E-state index < -0.39 is 23.8 Å². The van der Waals surface area contributed by atoms with Gasteiger partial charge in [0.1, 0.15) is 23.4 Å². The molecule has 0 aliphatic rings. The third-order valence-corrected chi connectivity index (χ3v) is 5.39. The fourth-order valence-electron chi connectivity index (χ4n) is 3.73. The Balaban J connectivity index is 2.41. The molecule has 8 heteroatoms. The van der Waals surface area contributed by atoms with Gasteiger partial charge in [-0.2, -0.15) is 0 Å². The van der Waals surface area contributed by atoms with Crippen LogP contribution in [0.15, 0.2) is 54.6 Å². The van der Waals surface area contributed by atoms with Crippen molar-refractivity contribution in [3.8, 4) is 5.75 Å². The van der Waals surface area contributed by atoms with Gasteiger partial charge < -0.3 is 25.0 Å². The maximum absolute atomic E-state index is 13.9. The second-order valence-electron chi connectivity index (χ2n) is 9.93. The largest absolute Gasteiger partial charge is 0.497 e. The Morgan fingerprint density at radius 2 is 1.58 bits per heavy atom. The van der Waals surface area contributed by atoms with Crippen LogP contribution in [0.2, 0.25) is 0 Å². The van der Waals surface area contributed by atoms with Crippen molar-refractivity contribution in [3.05, 3.63) is 60.2 Å². The van der Waals surface area contributed by atoms with Gasteiger partial charge in [-0.3, -0.25) is 9.59 Å². The molecule has 8 nitrogen and oxygen atoms in total. The van der Waals surface area contributed by atoms with E-state index in [2.05, 4.69) is 10.6 Å². The minimum absolute atomic E-state index is 0.231.